The van der Waals surface area contributed by atoms with E-state index in [2.05, 4.69) is 0 Å². The van der Waals surface area contributed by atoms with Crippen LogP contribution in [0.1, 0.15) is 37.6 Å². The summed E-state index contributed by atoms with van der Waals surface area (Å²) >= 11 is 0. The molecule has 0 aliphatic carbocycles. The highest BCUT2D eigenvalue weighted by molar-refractivity contribution is 6.43. The van der Waals surface area contributed by atoms with Gasteiger partial charge in [-0.3, -0.25) is 9.59 Å². The third kappa shape index (κ3) is 3.66. The second kappa shape index (κ2) is 4.39. The molecule has 2 heteroatoms. The lowest BCUT2D eigenvalue weighted by Gasteiger charge is -2.15. The zero-order valence-electron chi connectivity index (χ0n) is 9.41. The van der Waals surface area contributed by atoms with Crippen molar-refractivity contribution in [3.05, 3.63) is 35.9 Å². The third-order valence-corrected chi connectivity index (χ3v) is 1.98. The van der Waals surface area contributed by atoms with Crippen LogP contribution < -0.4 is 0 Å². The largest absolute Gasteiger partial charge is 0.290 e. The standard InChI is InChI=1S/C13H16O2/c1-13(2,3)9-11(14)12(15)10-7-5-4-6-8-10/h4-8H,9H2,1-3H3. The Morgan fingerprint density at radius 3 is 2.07 bits per heavy atom. The Kier molecular flexibility index (Phi) is 3.40. The van der Waals surface area contributed by atoms with Crippen molar-refractivity contribution in [1.82, 2.24) is 0 Å². The quantitative estimate of drug-likeness (QED) is 0.560. The summed E-state index contributed by atoms with van der Waals surface area (Å²) in [5.74, 6) is -0.695. The van der Waals surface area contributed by atoms with Crippen LogP contribution in [-0.4, -0.2) is 11.6 Å². The van der Waals surface area contributed by atoms with Crippen molar-refractivity contribution in [1.29, 1.82) is 0 Å². The van der Waals surface area contributed by atoms with E-state index >= 15 is 0 Å². The van der Waals surface area contributed by atoms with Gasteiger partial charge in [0.2, 0.25) is 11.6 Å². The lowest BCUT2D eigenvalue weighted by Crippen LogP contribution is -2.20. The summed E-state index contributed by atoms with van der Waals surface area (Å²) in [6.07, 6.45) is 0.292. The molecule has 1 aromatic rings. The van der Waals surface area contributed by atoms with Gasteiger partial charge in [0.15, 0.2) is 0 Å². The molecule has 0 unspecified atom stereocenters. The number of rotatable bonds is 3. The molecule has 1 rings (SSSR count). The highest BCUT2D eigenvalue weighted by atomic mass is 16.2. The number of carbonyl (C=O) groups is 2. The van der Waals surface area contributed by atoms with E-state index in [1.807, 2.05) is 26.8 Å². The molecular formula is C13H16O2. The first kappa shape index (κ1) is 11.6. The highest BCUT2D eigenvalue weighted by Gasteiger charge is 2.22. The summed E-state index contributed by atoms with van der Waals surface area (Å²) in [5.41, 5.74) is 0.341. The molecule has 1 aromatic carbocycles. The Hall–Kier alpha value is -1.44. The molecule has 0 heterocycles. The van der Waals surface area contributed by atoms with Crippen LogP contribution in [0.2, 0.25) is 0 Å². The summed E-state index contributed by atoms with van der Waals surface area (Å²) in [6, 6.07) is 8.69. The van der Waals surface area contributed by atoms with Crippen LogP contribution in [0.5, 0.6) is 0 Å². The monoisotopic (exact) mass is 204 g/mol. The normalized spacial score (nSPS) is 11.1. The summed E-state index contributed by atoms with van der Waals surface area (Å²) < 4.78 is 0. The molecular weight excluding hydrogens is 188 g/mol. The number of hydrogen-bond acceptors (Lipinski definition) is 2. The lowest BCUT2D eigenvalue weighted by atomic mass is 9.88. The molecule has 0 aliphatic heterocycles. The molecule has 0 N–H and O–H groups in total. The van der Waals surface area contributed by atoms with Crippen molar-refractivity contribution in [2.75, 3.05) is 0 Å². The van der Waals surface area contributed by atoms with Gasteiger partial charge in [-0.1, -0.05) is 51.1 Å². The molecule has 0 saturated carbocycles. The highest BCUT2D eigenvalue weighted by Crippen LogP contribution is 2.19. The number of benzene rings is 1. The second-order valence-corrected chi connectivity index (χ2v) is 4.86. The van der Waals surface area contributed by atoms with Crippen LogP contribution in [0, 0.1) is 5.41 Å². The molecule has 0 radical (unpaired) electrons. The number of carbonyl (C=O) groups excluding carboxylic acids is 2. The Morgan fingerprint density at radius 1 is 1.07 bits per heavy atom. The molecule has 0 amide bonds. The zero-order chi connectivity index (χ0) is 11.5. The Balaban J connectivity index is 2.75. The van der Waals surface area contributed by atoms with E-state index in [1.54, 1.807) is 24.3 Å². The van der Waals surface area contributed by atoms with E-state index in [4.69, 9.17) is 0 Å². The molecule has 15 heavy (non-hydrogen) atoms. The van der Waals surface area contributed by atoms with Crippen LogP contribution >= 0.6 is 0 Å². The first-order valence-corrected chi connectivity index (χ1v) is 5.03. The van der Waals surface area contributed by atoms with Gasteiger partial charge in [-0.25, -0.2) is 0 Å². The third-order valence-electron chi connectivity index (χ3n) is 1.98. The molecule has 80 valence electrons. The fraction of sp³-hybridized carbons (Fsp3) is 0.385. The van der Waals surface area contributed by atoms with Crippen LogP contribution in [0.25, 0.3) is 0 Å². The van der Waals surface area contributed by atoms with Crippen molar-refractivity contribution in [2.24, 2.45) is 5.41 Å². The van der Waals surface area contributed by atoms with E-state index in [-0.39, 0.29) is 17.0 Å². The van der Waals surface area contributed by atoms with Gasteiger partial charge in [0, 0.05) is 12.0 Å². The molecule has 0 aromatic heterocycles. The van der Waals surface area contributed by atoms with Gasteiger partial charge in [0.1, 0.15) is 0 Å². The fourth-order valence-corrected chi connectivity index (χ4v) is 1.31. The van der Waals surface area contributed by atoms with Crippen LogP contribution in [-0.2, 0) is 4.79 Å². The fourth-order valence-electron chi connectivity index (χ4n) is 1.31. The van der Waals surface area contributed by atoms with Gasteiger partial charge < -0.3 is 0 Å². The average molecular weight is 204 g/mol. The first-order valence-electron chi connectivity index (χ1n) is 5.03. The minimum atomic E-state index is -0.384. The van der Waals surface area contributed by atoms with E-state index in [0.717, 1.165) is 0 Å². The predicted octanol–water partition coefficient (Wildman–Crippen LogP) is 2.87. The minimum absolute atomic E-state index is 0.137. The van der Waals surface area contributed by atoms with E-state index < -0.39 is 0 Å². The summed E-state index contributed by atoms with van der Waals surface area (Å²) in [7, 11) is 0. The number of ketones is 2. The minimum Gasteiger partial charge on any atom is -0.290 e. The molecule has 0 atom stereocenters. The molecule has 0 bridgehead atoms. The van der Waals surface area contributed by atoms with Gasteiger partial charge >= 0.3 is 0 Å². The maximum atomic E-state index is 11.7. The molecule has 0 aliphatic rings. The zero-order valence-corrected chi connectivity index (χ0v) is 9.41. The van der Waals surface area contributed by atoms with E-state index in [0.29, 0.717) is 12.0 Å². The molecule has 0 saturated heterocycles. The number of Topliss-reactive ketones (excluding diaryl/α,β-unsaturated/α-hetero) is 2. The van der Waals surface area contributed by atoms with Crippen molar-refractivity contribution < 1.29 is 9.59 Å². The predicted molar refractivity (Wildman–Crippen MR) is 59.9 cm³/mol. The average Bonchev–Trinajstić information content (AvgIpc) is 2.15. The Morgan fingerprint density at radius 2 is 1.60 bits per heavy atom. The molecule has 0 spiro atoms. The van der Waals surface area contributed by atoms with Crippen molar-refractivity contribution in [3.8, 4) is 0 Å². The van der Waals surface area contributed by atoms with Gasteiger partial charge in [0.05, 0.1) is 0 Å². The van der Waals surface area contributed by atoms with Gasteiger partial charge in [-0.05, 0) is 5.41 Å². The van der Waals surface area contributed by atoms with Crippen molar-refractivity contribution >= 4 is 11.6 Å². The van der Waals surface area contributed by atoms with Crippen LogP contribution in [0.15, 0.2) is 30.3 Å². The Bertz CT molecular complexity index is 358. The summed E-state index contributed by atoms with van der Waals surface area (Å²) in [6.45, 7) is 5.84. The number of hydrogen-bond donors (Lipinski definition) is 0. The van der Waals surface area contributed by atoms with Gasteiger partial charge in [-0.2, -0.15) is 0 Å². The molecule has 2 nitrogen and oxygen atoms in total. The topological polar surface area (TPSA) is 34.1 Å². The van der Waals surface area contributed by atoms with Crippen molar-refractivity contribution in [2.45, 2.75) is 27.2 Å². The maximum absolute atomic E-state index is 11.7. The van der Waals surface area contributed by atoms with E-state index in [1.165, 1.54) is 0 Å². The SMILES string of the molecule is CC(C)(C)CC(=O)C(=O)c1ccccc1. The first-order chi connectivity index (χ1) is 6.90. The van der Waals surface area contributed by atoms with Gasteiger partial charge in [-0.15, -0.1) is 0 Å². The molecule has 0 fully saturated rings. The summed E-state index contributed by atoms with van der Waals surface area (Å²) in [4.78, 5) is 23.3. The van der Waals surface area contributed by atoms with Crippen LogP contribution in [0.3, 0.4) is 0 Å². The smallest absolute Gasteiger partial charge is 0.228 e. The van der Waals surface area contributed by atoms with Crippen LogP contribution in [0.4, 0.5) is 0 Å². The van der Waals surface area contributed by atoms with E-state index in [9.17, 15) is 9.59 Å². The maximum Gasteiger partial charge on any atom is 0.228 e. The van der Waals surface area contributed by atoms with Gasteiger partial charge in [0.25, 0.3) is 0 Å². The lowest BCUT2D eigenvalue weighted by molar-refractivity contribution is -0.116. The summed E-state index contributed by atoms with van der Waals surface area (Å²) in [5, 5.41) is 0. The van der Waals surface area contributed by atoms with Crippen molar-refractivity contribution in [3.63, 3.8) is 0 Å². The Labute approximate surface area is 90.3 Å². The second-order valence-electron chi connectivity index (χ2n) is 4.86.